The van der Waals surface area contributed by atoms with Crippen LogP contribution in [0.25, 0.3) is 5.65 Å². The number of aromatic nitrogens is 2. The summed E-state index contributed by atoms with van der Waals surface area (Å²) in [4.78, 5) is 18.4. The summed E-state index contributed by atoms with van der Waals surface area (Å²) in [5, 5.41) is 3.33. The number of carbonyl (C=O) groups is 1. The topological polar surface area (TPSA) is 64.9 Å². The molecule has 1 aromatic carbocycles. The van der Waals surface area contributed by atoms with Gasteiger partial charge in [0.25, 0.3) is 5.91 Å². The zero-order valence-electron chi connectivity index (χ0n) is 22.6. The lowest BCUT2D eigenvalue weighted by Gasteiger charge is -2.37. The number of nitrogens with one attached hydrogen (secondary N) is 1. The lowest BCUT2D eigenvalue weighted by atomic mass is 10.1. The molecule has 0 radical (unpaired) electrons. The minimum Gasteiger partial charge on any atom is -0.489 e. The molecule has 2 aromatic heterocycles. The number of nitrogens with zero attached hydrogens (tertiary/aromatic N) is 2. The summed E-state index contributed by atoms with van der Waals surface area (Å²) in [5.74, 6) is 1.17. The minimum atomic E-state index is -1.99. The summed E-state index contributed by atoms with van der Waals surface area (Å²) < 4.78 is 14.6. The second-order valence-corrected chi connectivity index (χ2v) is 16.4. The van der Waals surface area contributed by atoms with E-state index < -0.39 is 8.32 Å². The van der Waals surface area contributed by atoms with Crippen molar-refractivity contribution < 1.29 is 14.0 Å². The van der Waals surface area contributed by atoms with Gasteiger partial charge in [-0.05, 0) is 61.5 Å². The Morgan fingerprint density at radius 1 is 1.14 bits per heavy atom. The highest BCUT2D eigenvalue weighted by Crippen LogP contribution is 2.37. The van der Waals surface area contributed by atoms with E-state index in [1.807, 2.05) is 60.0 Å². The Morgan fingerprint density at radius 3 is 2.50 bits per heavy atom. The van der Waals surface area contributed by atoms with Gasteiger partial charge in [0.1, 0.15) is 5.69 Å². The highest BCUT2D eigenvalue weighted by molar-refractivity contribution is 6.74. The first-order chi connectivity index (χ1) is 17.1. The van der Waals surface area contributed by atoms with Crippen molar-refractivity contribution in [2.24, 2.45) is 5.92 Å². The van der Waals surface area contributed by atoms with Crippen LogP contribution in [0.1, 0.15) is 74.2 Å². The Morgan fingerprint density at radius 2 is 1.83 bits per heavy atom. The van der Waals surface area contributed by atoms with E-state index in [1.165, 1.54) is 25.7 Å². The third-order valence-electron chi connectivity index (χ3n) is 7.88. The molecular weight excluding hydrogens is 466 g/mol. The first-order valence-corrected chi connectivity index (χ1v) is 16.1. The summed E-state index contributed by atoms with van der Waals surface area (Å²) in [6, 6.07) is 13.6. The largest absolute Gasteiger partial charge is 0.489 e. The Bertz CT molecular complexity index is 1180. The van der Waals surface area contributed by atoms with Crippen LogP contribution in [0.4, 0.5) is 0 Å². The van der Waals surface area contributed by atoms with Crippen molar-refractivity contribution in [3.63, 3.8) is 0 Å². The molecule has 1 aliphatic carbocycles. The molecule has 1 fully saturated rings. The zero-order valence-corrected chi connectivity index (χ0v) is 23.6. The van der Waals surface area contributed by atoms with Crippen molar-refractivity contribution in [2.75, 3.05) is 13.2 Å². The molecule has 1 N–H and O–H groups in total. The van der Waals surface area contributed by atoms with E-state index in [0.717, 1.165) is 11.3 Å². The quantitative estimate of drug-likeness (QED) is 0.327. The molecule has 7 heteroatoms. The van der Waals surface area contributed by atoms with Crippen molar-refractivity contribution >= 4 is 19.9 Å². The molecule has 1 saturated carbocycles. The average molecular weight is 508 g/mol. The molecule has 0 aliphatic heterocycles. The standard InChI is InChI=1S/C29H41N3O3Si/c1-21-26(32-18-12-17-25(27(32)30-21)34-19-22-13-10-11-14-22)28(33)31-24(23-15-8-7-9-16-23)20-35-36(5,6)29(2,3)4/h7-9,12,15-18,22,24H,10-11,13-14,19-20H2,1-6H3,(H,31,33)/t24-/m0/s1. The number of ether oxygens (including phenoxy) is 1. The van der Waals surface area contributed by atoms with Gasteiger partial charge in [0.05, 0.1) is 24.9 Å². The highest BCUT2D eigenvalue weighted by Gasteiger charge is 2.38. The SMILES string of the molecule is Cc1nc2c(OCC3CCCC3)cccn2c1C(=O)N[C@@H](CO[Si](C)(C)C(C)(C)C)c1ccccc1. The number of fused-ring (bicyclic) bond motifs is 1. The van der Waals surface area contributed by atoms with E-state index >= 15 is 0 Å². The molecular formula is C29H41N3O3Si. The van der Waals surface area contributed by atoms with Crippen LogP contribution in [-0.4, -0.2) is 36.8 Å². The number of pyridine rings is 1. The van der Waals surface area contributed by atoms with Gasteiger partial charge in [0, 0.05) is 6.20 Å². The summed E-state index contributed by atoms with van der Waals surface area (Å²) in [6.45, 7) is 14.2. The molecule has 0 spiro atoms. The van der Waals surface area contributed by atoms with Gasteiger partial charge in [0.2, 0.25) is 0 Å². The van der Waals surface area contributed by atoms with Crippen LogP contribution in [0, 0.1) is 12.8 Å². The van der Waals surface area contributed by atoms with E-state index in [9.17, 15) is 4.79 Å². The maximum Gasteiger partial charge on any atom is 0.270 e. The molecule has 4 rings (SSSR count). The van der Waals surface area contributed by atoms with Crippen LogP contribution in [0.5, 0.6) is 5.75 Å². The van der Waals surface area contributed by atoms with Crippen molar-refractivity contribution in [3.8, 4) is 5.75 Å². The second kappa shape index (κ2) is 10.8. The van der Waals surface area contributed by atoms with Crippen LogP contribution in [-0.2, 0) is 4.43 Å². The molecule has 1 aliphatic rings. The van der Waals surface area contributed by atoms with Crippen molar-refractivity contribution in [2.45, 2.75) is 77.6 Å². The molecule has 0 saturated heterocycles. The lowest BCUT2D eigenvalue weighted by Crippen LogP contribution is -2.43. The maximum atomic E-state index is 13.7. The van der Waals surface area contributed by atoms with E-state index in [0.29, 0.717) is 36.2 Å². The van der Waals surface area contributed by atoms with Gasteiger partial charge in [-0.3, -0.25) is 9.20 Å². The molecule has 2 heterocycles. The number of rotatable bonds is 9. The third kappa shape index (κ3) is 5.84. The molecule has 36 heavy (non-hydrogen) atoms. The van der Waals surface area contributed by atoms with Gasteiger partial charge in [-0.15, -0.1) is 0 Å². The molecule has 6 nitrogen and oxygen atoms in total. The van der Waals surface area contributed by atoms with E-state index in [4.69, 9.17) is 14.1 Å². The monoisotopic (exact) mass is 507 g/mol. The van der Waals surface area contributed by atoms with Gasteiger partial charge >= 0.3 is 0 Å². The predicted octanol–water partition coefficient (Wildman–Crippen LogP) is 6.70. The molecule has 0 bridgehead atoms. The van der Waals surface area contributed by atoms with Gasteiger partial charge < -0.3 is 14.5 Å². The van der Waals surface area contributed by atoms with E-state index in [1.54, 1.807) is 0 Å². The highest BCUT2D eigenvalue weighted by atomic mass is 28.4. The average Bonchev–Trinajstić information content (AvgIpc) is 3.47. The Hall–Kier alpha value is -2.64. The summed E-state index contributed by atoms with van der Waals surface area (Å²) in [5.41, 5.74) is 2.93. The Kier molecular flexibility index (Phi) is 7.90. The lowest BCUT2D eigenvalue weighted by molar-refractivity contribution is 0.0911. The molecule has 1 amide bonds. The number of imidazole rings is 1. The molecule has 3 aromatic rings. The predicted molar refractivity (Wildman–Crippen MR) is 147 cm³/mol. The summed E-state index contributed by atoms with van der Waals surface area (Å²) >= 11 is 0. The van der Waals surface area contributed by atoms with Gasteiger partial charge in [-0.2, -0.15) is 0 Å². The number of aryl methyl sites for hydroxylation is 1. The van der Waals surface area contributed by atoms with Crippen molar-refractivity contribution in [1.82, 2.24) is 14.7 Å². The smallest absolute Gasteiger partial charge is 0.270 e. The minimum absolute atomic E-state index is 0.0887. The molecule has 194 valence electrons. The van der Waals surface area contributed by atoms with Crippen molar-refractivity contribution in [1.29, 1.82) is 0 Å². The number of benzene rings is 1. The second-order valence-electron chi connectivity index (χ2n) is 11.6. The number of amides is 1. The fourth-order valence-corrected chi connectivity index (χ4v) is 5.58. The van der Waals surface area contributed by atoms with Crippen LogP contribution in [0.2, 0.25) is 18.1 Å². The fourth-order valence-electron chi connectivity index (χ4n) is 4.57. The number of hydrogen-bond acceptors (Lipinski definition) is 4. The van der Waals surface area contributed by atoms with Gasteiger partial charge in [0.15, 0.2) is 19.7 Å². The summed E-state index contributed by atoms with van der Waals surface area (Å²) in [6.07, 6.45) is 6.90. The van der Waals surface area contributed by atoms with Crippen LogP contribution in [0.15, 0.2) is 48.7 Å². The first-order valence-electron chi connectivity index (χ1n) is 13.2. The first kappa shape index (κ1) is 26.4. The van der Waals surface area contributed by atoms with E-state index in [2.05, 4.69) is 39.2 Å². The zero-order chi connectivity index (χ0) is 25.9. The third-order valence-corrected chi connectivity index (χ3v) is 12.4. The van der Waals surface area contributed by atoms with Crippen molar-refractivity contribution in [3.05, 3.63) is 65.6 Å². The molecule has 0 unspecified atom stereocenters. The maximum absolute atomic E-state index is 13.7. The van der Waals surface area contributed by atoms with Crippen LogP contribution in [0.3, 0.4) is 0 Å². The van der Waals surface area contributed by atoms with Crippen LogP contribution >= 0.6 is 0 Å². The fraction of sp³-hybridized carbons (Fsp3) is 0.517. The Labute approximate surface area is 216 Å². The molecule has 1 atom stereocenters. The Balaban J connectivity index is 1.57. The van der Waals surface area contributed by atoms with Crippen LogP contribution < -0.4 is 10.1 Å². The number of carbonyl (C=O) groups excluding carboxylic acids is 1. The van der Waals surface area contributed by atoms with E-state index in [-0.39, 0.29) is 17.0 Å². The van der Waals surface area contributed by atoms with Gasteiger partial charge in [-0.25, -0.2) is 4.98 Å². The normalized spacial score (nSPS) is 15.8. The summed E-state index contributed by atoms with van der Waals surface area (Å²) in [7, 11) is -1.99. The van der Waals surface area contributed by atoms with Gasteiger partial charge in [-0.1, -0.05) is 63.9 Å². The number of hydrogen-bond donors (Lipinski definition) is 1.